The van der Waals surface area contributed by atoms with Crippen molar-refractivity contribution in [1.29, 1.82) is 0 Å². The van der Waals surface area contributed by atoms with E-state index in [1.54, 1.807) is 0 Å². The largest absolute Gasteiger partial charge is 0.490 e. The molecule has 2 aliphatic heterocycles. The van der Waals surface area contributed by atoms with E-state index in [0.29, 0.717) is 18.8 Å². The number of alkyl halides is 2. The maximum atomic E-state index is 13.1. The molecule has 0 amide bonds. The first-order valence-corrected chi connectivity index (χ1v) is 10.8. The van der Waals surface area contributed by atoms with Crippen molar-refractivity contribution < 1.29 is 13.5 Å². The Bertz CT molecular complexity index is 869. The molecule has 0 saturated heterocycles. The number of likely N-dealkylation sites (N-methyl/N-ethyl adjacent to an activating group) is 2. The van der Waals surface area contributed by atoms with Gasteiger partial charge in [-0.1, -0.05) is 5.57 Å². The van der Waals surface area contributed by atoms with Gasteiger partial charge in [0.1, 0.15) is 5.76 Å². The summed E-state index contributed by atoms with van der Waals surface area (Å²) in [5.41, 5.74) is 6.99. The van der Waals surface area contributed by atoms with Gasteiger partial charge >= 0.3 is 0 Å². The van der Waals surface area contributed by atoms with E-state index in [1.807, 2.05) is 44.4 Å². The number of nitrogens with one attached hydrogen (secondary N) is 2. The van der Waals surface area contributed by atoms with Gasteiger partial charge in [0.25, 0.3) is 5.92 Å². The molecule has 1 atom stereocenters. The van der Waals surface area contributed by atoms with Gasteiger partial charge < -0.3 is 20.3 Å². The Kier molecular flexibility index (Phi) is 7.36. The number of halogens is 2. The first-order chi connectivity index (χ1) is 14.7. The molecular formula is C24H34F2N4O. The van der Waals surface area contributed by atoms with Gasteiger partial charge in [-0.15, -0.1) is 0 Å². The second-order valence-electron chi connectivity index (χ2n) is 8.61. The molecule has 0 aromatic carbocycles. The van der Waals surface area contributed by atoms with E-state index in [1.165, 1.54) is 30.4 Å². The first-order valence-electron chi connectivity index (χ1n) is 10.8. The zero-order valence-corrected chi connectivity index (χ0v) is 19.2. The van der Waals surface area contributed by atoms with Crippen molar-refractivity contribution in [2.24, 2.45) is 4.99 Å². The summed E-state index contributed by atoms with van der Waals surface area (Å²) in [6.45, 7) is 5.31. The minimum atomic E-state index is -2.84. The Balaban J connectivity index is 1.76. The smallest absolute Gasteiger partial charge is 0.278 e. The number of hydrogen-bond acceptors (Lipinski definition) is 5. The number of nitrogens with zero attached hydrogens (tertiary/aromatic N) is 2. The number of rotatable bonds is 8. The zero-order chi connectivity index (χ0) is 22.6. The van der Waals surface area contributed by atoms with Crippen molar-refractivity contribution in [3.63, 3.8) is 0 Å². The number of hydrogen-bond donors (Lipinski definition) is 2. The standard InChI is InChI=1S/C24H34F2N4O/c1-16-11-19(30(5)14-22(16)31-15-24(3,25)26)12-28-13-20-21(27-4)9-10-29-23(20)17(2)18-7-6-8-18/h9-11,13,21,27,29H,6-8,12,14-15H2,1-5H3. The average Bonchev–Trinajstić information content (AvgIpc) is 2.67. The van der Waals surface area contributed by atoms with Gasteiger partial charge in [-0.2, -0.15) is 0 Å². The van der Waals surface area contributed by atoms with Crippen LogP contribution in [0.15, 0.2) is 62.8 Å². The van der Waals surface area contributed by atoms with Crippen LogP contribution in [-0.4, -0.2) is 56.9 Å². The van der Waals surface area contributed by atoms with E-state index in [4.69, 9.17) is 9.73 Å². The van der Waals surface area contributed by atoms with E-state index in [-0.39, 0.29) is 6.04 Å². The summed E-state index contributed by atoms with van der Waals surface area (Å²) < 4.78 is 31.6. The number of allylic oxidation sites excluding steroid dienone is 4. The molecule has 7 heteroatoms. The lowest BCUT2D eigenvalue weighted by Crippen LogP contribution is -2.33. The Morgan fingerprint density at radius 3 is 2.77 bits per heavy atom. The highest BCUT2D eigenvalue weighted by Crippen LogP contribution is 2.32. The molecule has 0 radical (unpaired) electrons. The molecular weight excluding hydrogens is 398 g/mol. The minimum absolute atomic E-state index is 0.103. The van der Waals surface area contributed by atoms with Crippen LogP contribution in [-0.2, 0) is 4.74 Å². The van der Waals surface area contributed by atoms with Gasteiger partial charge in [-0.3, -0.25) is 4.99 Å². The summed E-state index contributed by atoms with van der Waals surface area (Å²) in [6.07, 6.45) is 11.6. The van der Waals surface area contributed by atoms with Crippen LogP contribution in [0.2, 0.25) is 0 Å². The van der Waals surface area contributed by atoms with Crippen molar-refractivity contribution in [2.45, 2.75) is 52.0 Å². The van der Waals surface area contributed by atoms with E-state index < -0.39 is 12.5 Å². The normalized spacial score (nSPS) is 22.0. The molecule has 2 heterocycles. The monoisotopic (exact) mass is 432 g/mol. The molecule has 0 aromatic heterocycles. The highest BCUT2D eigenvalue weighted by atomic mass is 19.3. The summed E-state index contributed by atoms with van der Waals surface area (Å²) in [4.78, 5) is 6.73. The van der Waals surface area contributed by atoms with Crippen molar-refractivity contribution >= 4 is 6.21 Å². The van der Waals surface area contributed by atoms with E-state index >= 15 is 0 Å². The Hall–Kier alpha value is -2.41. The van der Waals surface area contributed by atoms with Gasteiger partial charge in [-0.25, -0.2) is 8.78 Å². The fourth-order valence-corrected chi connectivity index (χ4v) is 3.86. The van der Waals surface area contributed by atoms with E-state index in [2.05, 4.69) is 23.6 Å². The van der Waals surface area contributed by atoms with Gasteiger partial charge in [0.15, 0.2) is 6.61 Å². The van der Waals surface area contributed by atoms with Crippen LogP contribution in [0.25, 0.3) is 0 Å². The molecule has 31 heavy (non-hydrogen) atoms. The fraction of sp³-hybridized carbons (Fsp3) is 0.542. The molecule has 1 unspecified atom stereocenters. The van der Waals surface area contributed by atoms with Gasteiger partial charge in [0, 0.05) is 37.2 Å². The predicted octanol–water partition coefficient (Wildman–Crippen LogP) is 4.29. The molecule has 170 valence electrons. The molecule has 3 aliphatic rings. The van der Waals surface area contributed by atoms with Gasteiger partial charge in [-0.05, 0) is 69.7 Å². The zero-order valence-electron chi connectivity index (χ0n) is 19.2. The minimum Gasteiger partial charge on any atom is -0.490 e. The first kappa shape index (κ1) is 23.3. The highest BCUT2D eigenvalue weighted by molar-refractivity contribution is 5.84. The summed E-state index contributed by atoms with van der Waals surface area (Å²) in [5, 5.41) is 6.76. The summed E-state index contributed by atoms with van der Waals surface area (Å²) in [5.74, 6) is -2.26. The lowest BCUT2D eigenvalue weighted by Gasteiger charge is -2.29. The molecule has 0 spiro atoms. The summed E-state index contributed by atoms with van der Waals surface area (Å²) in [6, 6.07) is 0.103. The van der Waals surface area contributed by atoms with Gasteiger partial charge in [0.2, 0.25) is 0 Å². The quantitative estimate of drug-likeness (QED) is 0.562. The third-order valence-corrected chi connectivity index (χ3v) is 5.99. The van der Waals surface area contributed by atoms with E-state index in [0.717, 1.165) is 29.5 Å². The van der Waals surface area contributed by atoms with Crippen LogP contribution in [0.3, 0.4) is 0 Å². The fourth-order valence-electron chi connectivity index (χ4n) is 3.86. The summed E-state index contributed by atoms with van der Waals surface area (Å²) >= 11 is 0. The second-order valence-corrected chi connectivity index (χ2v) is 8.61. The summed E-state index contributed by atoms with van der Waals surface area (Å²) in [7, 11) is 3.88. The number of aliphatic imine (C=N–C) groups is 1. The number of dihydropyridines is 1. The Labute approximate surface area is 184 Å². The lowest BCUT2D eigenvalue weighted by molar-refractivity contribution is -0.0465. The van der Waals surface area contributed by atoms with Crippen LogP contribution < -0.4 is 10.6 Å². The average molecular weight is 433 g/mol. The van der Waals surface area contributed by atoms with Crippen molar-refractivity contribution in [3.8, 4) is 0 Å². The second kappa shape index (κ2) is 9.81. The number of ether oxygens (including phenoxy) is 1. The van der Waals surface area contributed by atoms with Crippen molar-refractivity contribution in [2.75, 3.05) is 33.8 Å². The topological polar surface area (TPSA) is 48.9 Å². The maximum absolute atomic E-state index is 13.1. The Morgan fingerprint density at radius 1 is 1.42 bits per heavy atom. The molecule has 3 rings (SSSR count). The molecule has 1 saturated carbocycles. The third-order valence-electron chi connectivity index (χ3n) is 5.99. The third kappa shape index (κ3) is 5.85. The van der Waals surface area contributed by atoms with E-state index in [9.17, 15) is 8.78 Å². The van der Waals surface area contributed by atoms with Crippen LogP contribution in [0, 0.1) is 0 Å². The molecule has 0 aromatic rings. The van der Waals surface area contributed by atoms with Crippen molar-refractivity contribution in [1.82, 2.24) is 15.5 Å². The predicted molar refractivity (Wildman–Crippen MR) is 122 cm³/mol. The van der Waals surface area contributed by atoms with Crippen LogP contribution in [0.5, 0.6) is 0 Å². The van der Waals surface area contributed by atoms with Crippen LogP contribution >= 0.6 is 0 Å². The molecule has 2 N–H and O–H groups in total. The molecule has 1 aliphatic carbocycles. The van der Waals surface area contributed by atoms with Gasteiger partial charge in [0.05, 0.1) is 19.1 Å². The van der Waals surface area contributed by atoms with Crippen LogP contribution in [0.1, 0.15) is 40.0 Å². The SMILES string of the molecule is CNC1C=CNC(C(C)=C2CCC2)=C1C=NCC1=CC(C)=C(OCC(C)(F)F)CN1C. The highest BCUT2D eigenvalue weighted by Gasteiger charge is 2.25. The molecule has 0 bridgehead atoms. The maximum Gasteiger partial charge on any atom is 0.278 e. The molecule has 5 nitrogen and oxygen atoms in total. The van der Waals surface area contributed by atoms with Crippen LogP contribution in [0.4, 0.5) is 8.78 Å². The molecule has 1 fully saturated rings. The lowest BCUT2D eigenvalue weighted by atomic mass is 9.85. The van der Waals surface area contributed by atoms with Crippen molar-refractivity contribution in [3.05, 3.63) is 57.8 Å². The Morgan fingerprint density at radius 2 is 2.16 bits per heavy atom.